The van der Waals surface area contributed by atoms with E-state index in [9.17, 15) is 9.90 Å². The summed E-state index contributed by atoms with van der Waals surface area (Å²) in [5.74, 6) is 0.216. The molecule has 2 aromatic rings. The SMILES string of the molecule is C[C@@H]1Oc2ccccc2C(=O)[C@]1(O)c1ccccc1. The summed E-state index contributed by atoms with van der Waals surface area (Å²) in [6.07, 6.45) is -0.628. The summed E-state index contributed by atoms with van der Waals surface area (Å²) in [7, 11) is 0. The Hall–Kier alpha value is -2.13. The van der Waals surface area contributed by atoms with Crippen molar-refractivity contribution in [3.63, 3.8) is 0 Å². The molecule has 1 heterocycles. The van der Waals surface area contributed by atoms with Crippen LogP contribution in [0.3, 0.4) is 0 Å². The molecule has 0 aliphatic carbocycles. The Morgan fingerprint density at radius 1 is 1.05 bits per heavy atom. The predicted molar refractivity (Wildman–Crippen MR) is 71.2 cm³/mol. The minimum Gasteiger partial charge on any atom is -0.486 e. The molecule has 0 bridgehead atoms. The van der Waals surface area contributed by atoms with Crippen LogP contribution in [0.4, 0.5) is 0 Å². The van der Waals surface area contributed by atoms with Crippen molar-refractivity contribution in [3.8, 4) is 5.75 Å². The van der Waals surface area contributed by atoms with Crippen LogP contribution < -0.4 is 4.74 Å². The van der Waals surface area contributed by atoms with Crippen LogP contribution in [0.25, 0.3) is 0 Å². The zero-order valence-electron chi connectivity index (χ0n) is 10.5. The lowest BCUT2D eigenvalue weighted by molar-refractivity contribution is -0.0439. The van der Waals surface area contributed by atoms with Crippen molar-refractivity contribution in [1.29, 1.82) is 0 Å². The van der Waals surface area contributed by atoms with Crippen molar-refractivity contribution in [2.75, 3.05) is 0 Å². The second kappa shape index (κ2) is 4.21. The highest BCUT2D eigenvalue weighted by Gasteiger charge is 2.49. The van der Waals surface area contributed by atoms with Crippen molar-refractivity contribution >= 4 is 5.78 Å². The number of Topliss-reactive ketones (excluding diaryl/α,β-unsaturated/α-hetero) is 1. The van der Waals surface area contributed by atoms with Crippen LogP contribution in [-0.4, -0.2) is 17.0 Å². The summed E-state index contributed by atoms with van der Waals surface area (Å²) in [6, 6.07) is 15.9. The van der Waals surface area contributed by atoms with E-state index >= 15 is 0 Å². The number of benzene rings is 2. The quantitative estimate of drug-likeness (QED) is 0.850. The van der Waals surface area contributed by atoms with Crippen molar-refractivity contribution in [2.24, 2.45) is 0 Å². The summed E-state index contributed by atoms with van der Waals surface area (Å²) < 4.78 is 5.70. The van der Waals surface area contributed by atoms with Gasteiger partial charge >= 0.3 is 0 Å². The fraction of sp³-hybridized carbons (Fsp3) is 0.188. The molecule has 1 aliphatic heterocycles. The first kappa shape index (κ1) is 11.9. The first-order valence-corrected chi connectivity index (χ1v) is 6.22. The van der Waals surface area contributed by atoms with E-state index in [-0.39, 0.29) is 5.78 Å². The smallest absolute Gasteiger partial charge is 0.206 e. The molecule has 0 unspecified atom stereocenters. The highest BCUT2D eigenvalue weighted by Crippen LogP contribution is 2.39. The number of rotatable bonds is 1. The Balaban J connectivity index is 2.16. The van der Waals surface area contributed by atoms with Gasteiger partial charge in [-0.2, -0.15) is 0 Å². The maximum absolute atomic E-state index is 12.6. The third-order valence-corrected chi connectivity index (χ3v) is 3.58. The molecular weight excluding hydrogens is 240 g/mol. The molecule has 0 aromatic heterocycles. The third-order valence-electron chi connectivity index (χ3n) is 3.58. The molecular formula is C16H14O3. The highest BCUT2D eigenvalue weighted by atomic mass is 16.5. The largest absolute Gasteiger partial charge is 0.486 e. The molecule has 2 aromatic carbocycles. The lowest BCUT2D eigenvalue weighted by atomic mass is 9.80. The zero-order valence-corrected chi connectivity index (χ0v) is 10.5. The summed E-state index contributed by atoms with van der Waals surface area (Å²) in [5, 5.41) is 10.9. The summed E-state index contributed by atoms with van der Waals surface area (Å²) >= 11 is 0. The van der Waals surface area contributed by atoms with Crippen molar-refractivity contribution in [1.82, 2.24) is 0 Å². The molecule has 19 heavy (non-hydrogen) atoms. The van der Waals surface area contributed by atoms with Crippen molar-refractivity contribution < 1.29 is 14.6 Å². The van der Waals surface area contributed by atoms with E-state index < -0.39 is 11.7 Å². The van der Waals surface area contributed by atoms with Crippen LogP contribution in [0.5, 0.6) is 5.75 Å². The van der Waals surface area contributed by atoms with Gasteiger partial charge in [0.15, 0.2) is 5.60 Å². The minimum atomic E-state index is -1.63. The van der Waals surface area contributed by atoms with Crippen LogP contribution in [0, 0.1) is 0 Å². The van der Waals surface area contributed by atoms with Gasteiger partial charge in [-0.05, 0) is 24.6 Å². The maximum Gasteiger partial charge on any atom is 0.206 e. The van der Waals surface area contributed by atoms with Gasteiger partial charge in [-0.15, -0.1) is 0 Å². The molecule has 0 amide bonds. The molecule has 3 heteroatoms. The van der Waals surface area contributed by atoms with E-state index in [0.717, 1.165) is 0 Å². The van der Waals surface area contributed by atoms with Gasteiger partial charge in [0.25, 0.3) is 0 Å². The van der Waals surface area contributed by atoms with E-state index in [2.05, 4.69) is 0 Å². The normalized spacial score (nSPS) is 25.6. The van der Waals surface area contributed by atoms with Gasteiger partial charge < -0.3 is 9.84 Å². The Kier molecular flexibility index (Phi) is 2.64. The van der Waals surface area contributed by atoms with E-state index in [1.54, 1.807) is 49.4 Å². The first-order chi connectivity index (χ1) is 9.14. The molecule has 3 rings (SSSR count). The van der Waals surface area contributed by atoms with Gasteiger partial charge in [-0.3, -0.25) is 4.79 Å². The topological polar surface area (TPSA) is 46.5 Å². The average molecular weight is 254 g/mol. The van der Waals surface area contributed by atoms with Crippen LogP contribution in [-0.2, 0) is 5.60 Å². The van der Waals surface area contributed by atoms with E-state index in [1.165, 1.54) is 0 Å². The molecule has 0 spiro atoms. The van der Waals surface area contributed by atoms with Gasteiger partial charge in [-0.1, -0.05) is 42.5 Å². The second-order valence-electron chi connectivity index (χ2n) is 4.72. The van der Waals surface area contributed by atoms with E-state index in [4.69, 9.17) is 4.74 Å². The molecule has 1 aliphatic rings. The fourth-order valence-electron chi connectivity index (χ4n) is 2.48. The molecule has 0 saturated heterocycles. The van der Waals surface area contributed by atoms with E-state index in [0.29, 0.717) is 16.9 Å². The number of carbonyl (C=O) groups excluding carboxylic acids is 1. The number of ether oxygens (including phenoxy) is 1. The van der Waals surface area contributed by atoms with Crippen molar-refractivity contribution in [2.45, 2.75) is 18.6 Å². The molecule has 3 nitrogen and oxygen atoms in total. The monoisotopic (exact) mass is 254 g/mol. The number of aliphatic hydroxyl groups is 1. The number of ketones is 1. The predicted octanol–water partition coefficient (Wildman–Crippen LogP) is 2.54. The Labute approximate surface area is 111 Å². The standard InChI is InChI=1S/C16H14O3/c1-11-16(18,12-7-3-2-4-8-12)15(17)13-9-5-6-10-14(13)19-11/h2-11,18H,1H3/t11-,16+/m0/s1. The fourth-order valence-corrected chi connectivity index (χ4v) is 2.48. The van der Waals surface area contributed by atoms with Gasteiger partial charge in [0.1, 0.15) is 11.9 Å². The van der Waals surface area contributed by atoms with Gasteiger partial charge in [0.2, 0.25) is 5.78 Å². The van der Waals surface area contributed by atoms with Crippen LogP contribution in [0.15, 0.2) is 54.6 Å². The third kappa shape index (κ3) is 1.66. The van der Waals surface area contributed by atoms with Crippen LogP contribution >= 0.6 is 0 Å². The number of hydrogen-bond acceptors (Lipinski definition) is 3. The number of carbonyl (C=O) groups is 1. The Morgan fingerprint density at radius 2 is 1.68 bits per heavy atom. The van der Waals surface area contributed by atoms with Crippen LogP contribution in [0.1, 0.15) is 22.8 Å². The Morgan fingerprint density at radius 3 is 2.42 bits per heavy atom. The molecule has 1 N–H and O–H groups in total. The lowest BCUT2D eigenvalue weighted by Gasteiger charge is -2.37. The molecule has 2 atom stereocenters. The van der Waals surface area contributed by atoms with Gasteiger partial charge in [0.05, 0.1) is 5.56 Å². The van der Waals surface area contributed by atoms with Crippen LogP contribution in [0.2, 0.25) is 0 Å². The maximum atomic E-state index is 12.6. The molecule has 0 radical (unpaired) electrons. The average Bonchev–Trinajstić information content (AvgIpc) is 2.46. The minimum absolute atomic E-state index is 0.312. The number of fused-ring (bicyclic) bond motifs is 1. The number of hydrogen-bond donors (Lipinski definition) is 1. The lowest BCUT2D eigenvalue weighted by Crippen LogP contribution is -2.51. The summed E-state index contributed by atoms with van der Waals surface area (Å²) in [4.78, 5) is 12.6. The highest BCUT2D eigenvalue weighted by molar-refractivity contribution is 6.06. The molecule has 0 saturated carbocycles. The first-order valence-electron chi connectivity index (χ1n) is 6.22. The summed E-state index contributed by atoms with van der Waals surface area (Å²) in [5.41, 5.74) is -0.649. The van der Waals surface area contributed by atoms with E-state index in [1.807, 2.05) is 12.1 Å². The zero-order chi connectivity index (χ0) is 13.5. The van der Waals surface area contributed by atoms with Crippen molar-refractivity contribution in [3.05, 3.63) is 65.7 Å². The molecule has 0 fully saturated rings. The van der Waals surface area contributed by atoms with Gasteiger partial charge in [-0.25, -0.2) is 0 Å². The Bertz CT molecular complexity index is 621. The molecule has 96 valence electrons. The second-order valence-corrected chi connectivity index (χ2v) is 4.72. The number of para-hydroxylation sites is 1. The van der Waals surface area contributed by atoms with Gasteiger partial charge in [0, 0.05) is 0 Å². The summed E-state index contributed by atoms with van der Waals surface area (Å²) in [6.45, 7) is 1.71.